The molecule has 1 aliphatic carbocycles. The van der Waals surface area contributed by atoms with Crippen LogP contribution >= 0.6 is 0 Å². The van der Waals surface area contributed by atoms with Crippen LogP contribution in [0.15, 0.2) is 12.1 Å². The predicted octanol–water partition coefficient (Wildman–Crippen LogP) is 4.73. The average molecular weight is 468 g/mol. The van der Waals surface area contributed by atoms with Gasteiger partial charge in [-0.15, -0.1) is 0 Å². The number of piperidine rings is 1. The van der Waals surface area contributed by atoms with Gasteiger partial charge in [0.2, 0.25) is 5.92 Å². The number of hydrogen-bond donors (Lipinski definition) is 2. The number of alkyl halides is 2. The quantitative estimate of drug-likeness (QED) is 0.656. The van der Waals surface area contributed by atoms with Crippen LogP contribution in [0.1, 0.15) is 76.5 Å². The number of methoxy groups -OCH3 is 1. The van der Waals surface area contributed by atoms with Crippen molar-refractivity contribution in [1.82, 2.24) is 4.90 Å². The standard InChI is InChI=1S/C26H39F2NO4/c1-24(2,3)14-18-15-29-10-5-17-11-23(22(32-4)12-19(17)20(29)13-21(18)30)33-16-25(31)6-8-26(27,28)9-7-25/h11-12,18,20-21,30-31H,5-10,13-16H2,1-4H3/t18-,20-,21-/m1/s1. The first-order chi connectivity index (χ1) is 15.4. The van der Waals surface area contributed by atoms with E-state index in [1.165, 1.54) is 0 Å². The van der Waals surface area contributed by atoms with Crippen LogP contribution in [-0.2, 0) is 6.42 Å². The minimum Gasteiger partial charge on any atom is -0.493 e. The van der Waals surface area contributed by atoms with Crippen molar-refractivity contribution in [2.75, 3.05) is 26.8 Å². The SMILES string of the molecule is COc1cc2c(cc1OCC1(O)CCC(F)(F)CC1)CCN1C[C@@H](CC(C)(C)C)[C@H](O)C[C@H]21. The predicted molar refractivity (Wildman–Crippen MR) is 123 cm³/mol. The molecule has 186 valence electrons. The lowest BCUT2D eigenvalue weighted by Gasteiger charge is -2.47. The molecule has 7 heteroatoms. The smallest absolute Gasteiger partial charge is 0.248 e. The molecule has 2 N–H and O–H groups in total. The zero-order valence-corrected chi connectivity index (χ0v) is 20.4. The van der Waals surface area contributed by atoms with Crippen LogP contribution < -0.4 is 9.47 Å². The summed E-state index contributed by atoms with van der Waals surface area (Å²) in [7, 11) is 1.58. The number of nitrogens with zero attached hydrogens (tertiary/aromatic N) is 1. The number of ether oxygens (including phenoxy) is 2. The van der Waals surface area contributed by atoms with Crippen LogP contribution in [0.4, 0.5) is 8.78 Å². The van der Waals surface area contributed by atoms with Crippen molar-refractivity contribution in [1.29, 1.82) is 0 Å². The van der Waals surface area contributed by atoms with Crippen molar-refractivity contribution in [2.45, 2.75) is 89.4 Å². The van der Waals surface area contributed by atoms with Gasteiger partial charge in [0.05, 0.1) is 18.8 Å². The molecule has 5 nitrogen and oxygen atoms in total. The molecule has 0 radical (unpaired) electrons. The van der Waals surface area contributed by atoms with Gasteiger partial charge in [0.1, 0.15) is 6.61 Å². The molecule has 4 rings (SSSR count). The van der Waals surface area contributed by atoms with Crippen molar-refractivity contribution in [3.05, 3.63) is 23.3 Å². The van der Waals surface area contributed by atoms with Gasteiger partial charge in [-0.1, -0.05) is 20.8 Å². The molecular formula is C26H39F2NO4. The number of benzene rings is 1. The highest BCUT2D eigenvalue weighted by atomic mass is 19.3. The lowest BCUT2D eigenvalue weighted by Crippen LogP contribution is -2.48. The van der Waals surface area contributed by atoms with E-state index in [1.54, 1.807) is 7.11 Å². The number of rotatable bonds is 5. The molecule has 33 heavy (non-hydrogen) atoms. The molecule has 1 saturated carbocycles. The molecule has 2 heterocycles. The summed E-state index contributed by atoms with van der Waals surface area (Å²) in [6, 6.07) is 4.12. The van der Waals surface area contributed by atoms with Gasteiger partial charge >= 0.3 is 0 Å². The molecule has 1 saturated heterocycles. The summed E-state index contributed by atoms with van der Waals surface area (Å²) in [4.78, 5) is 2.48. The summed E-state index contributed by atoms with van der Waals surface area (Å²) < 4.78 is 38.5. The average Bonchev–Trinajstić information content (AvgIpc) is 2.74. The van der Waals surface area contributed by atoms with E-state index < -0.39 is 11.5 Å². The first kappa shape index (κ1) is 24.7. The van der Waals surface area contributed by atoms with Gasteiger partial charge < -0.3 is 19.7 Å². The van der Waals surface area contributed by atoms with Gasteiger partial charge in [-0.25, -0.2) is 8.78 Å². The summed E-state index contributed by atoms with van der Waals surface area (Å²) in [6.45, 7) is 8.45. The number of fused-ring (bicyclic) bond motifs is 3. The molecule has 0 aromatic heterocycles. The molecule has 2 fully saturated rings. The Morgan fingerprint density at radius 1 is 1.12 bits per heavy atom. The Hall–Kier alpha value is -1.44. The highest BCUT2D eigenvalue weighted by Crippen LogP contribution is 2.45. The topological polar surface area (TPSA) is 62.2 Å². The van der Waals surface area contributed by atoms with Crippen molar-refractivity contribution in [3.63, 3.8) is 0 Å². The minimum absolute atomic E-state index is 0.0257. The number of hydrogen-bond acceptors (Lipinski definition) is 5. The van der Waals surface area contributed by atoms with E-state index >= 15 is 0 Å². The van der Waals surface area contributed by atoms with Gasteiger partial charge in [-0.3, -0.25) is 4.90 Å². The Labute approximate surface area is 196 Å². The van der Waals surface area contributed by atoms with Gasteiger partial charge in [-0.2, -0.15) is 0 Å². The molecule has 3 atom stereocenters. The Balaban J connectivity index is 1.48. The maximum absolute atomic E-state index is 13.5. The third kappa shape index (κ3) is 5.63. The van der Waals surface area contributed by atoms with E-state index in [2.05, 4.69) is 25.7 Å². The largest absolute Gasteiger partial charge is 0.493 e. The van der Waals surface area contributed by atoms with Gasteiger partial charge in [0, 0.05) is 32.0 Å². The molecule has 1 aromatic carbocycles. The molecule has 0 amide bonds. The van der Waals surface area contributed by atoms with E-state index in [0.29, 0.717) is 17.9 Å². The summed E-state index contributed by atoms with van der Waals surface area (Å²) in [5.74, 6) is -1.31. The molecular weight excluding hydrogens is 428 g/mol. The first-order valence-corrected chi connectivity index (χ1v) is 12.2. The van der Waals surface area contributed by atoms with E-state index in [0.717, 1.165) is 37.1 Å². The van der Waals surface area contributed by atoms with Crippen LogP contribution in [0.25, 0.3) is 0 Å². The van der Waals surface area contributed by atoms with Crippen molar-refractivity contribution in [3.8, 4) is 11.5 Å². The summed E-state index contributed by atoms with van der Waals surface area (Å²) in [6.07, 6.45) is 1.66. The Bertz CT molecular complexity index is 843. The minimum atomic E-state index is -2.70. The number of aliphatic hydroxyl groups is 2. The second-order valence-corrected chi connectivity index (χ2v) is 11.7. The monoisotopic (exact) mass is 467 g/mol. The van der Waals surface area contributed by atoms with E-state index in [4.69, 9.17) is 9.47 Å². The zero-order valence-electron chi connectivity index (χ0n) is 20.4. The number of halogens is 2. The van der Waals surface area contributed by atoms with Crippen LogP contribution in [0, 0.1) is 11.3 Å². The van der Waals surface area contributed by atoms with Gasteiger partial charge in [-0.05, 0) is 66.7 Å². The van der Waals surface area contributed by atoms with Crippen LogP contribution in [0.2, 0.25) is 0 Å². The second-order valence-electron chi connectivity index (χ2n) is 11.7. The lowest BCUT2D eigenvalue weighted by atomic mass is 9.75. The summed E-state index contributed by atoms with van der Waals surface area (Å²) in [5, 5.41) is 21.6. The van der Waals surface area contributed by atoms with Crippen molar-refractivity contribution >= 4 is 0 Å². The Morgan fingerprint density at radius 3 is 2.45 bits per heavy atom. The molecule has 1 aromatic rings. The van der Waals surface area contributed by atoms with E-state index in [1.807, 2.05) is 12.1 Å². The lowest BCUT2D eigenvalue weighted by molar-refractivity contribution is -0.116. The summed E-state index contributed by atoms with van der Waals surface area (Å²) >= 11 is 0. The maximum atomic E-state index is 13.5. The highest BCUT2D eigenvalue weighted by Gasteiger charge is 2.43. The Kier molecular flexibility index (Phi) is 6.71. The highest BCUT2D eigenvalue weighted by molar-refractivity contribution is 5.49. The third-order valence-corrected chi connectivity index (χ3v) is 7.65. The van der Waals surface area contributed by atoms with Crippen molar-refractivity contribution < 1.29 is 28.5 Å². The molecule has 2 aliphatic heterocycles. The van der Waals surface area contributed by atoms with Crippen LogP contribution in [-0.4, -0.2) is 59.5 Å². The fourth-order valence-electron chi connectivity index (χ4n) is 5.80. The van der Waals surface area contributed by atoms with Gasteiger partial charge in [0.25, 0.3) is 0 Å². The van der Waals surface area contributed by atoms with Crippen molar-refractivity contribution in [2.24, 2.45) is 11.3 Å². The Morgan fingerprint density at radius 2 is 1.82 bits per heavy atom. The zero-order chi connectivity index (χ0) is 24.0. The van der Waals surface area contributed by atoms with E-state index in [-0.39, 0.29) is 55.8 Å². The first-order valence-electron chi connectivity index (χ1n) is 12.2. The summed E-state index contributed by atoms with van der Waals surface area (Å²) in [5.41, 5.74) is 1.26. The number of aliphatic hydroxyl groups excluding tert-OH is 1. The third-order valence-electron chi connectivity index (χ3n) is 7.65. The van der Waals surface area contributed by atoms with E-state index in [9.17, 15) is 19.0 Å². The maximum Gasteiger partial charge on any atom is 0.248 e. The van der Waals surface area contributed by atoms with Crippen LogP contribution in [0.3, 0.4) is 0 Å². The molecule has 0 unspecified atom stereocenters. The molecule has 0 spiro atoms. The normalized spacial score (nSPS) is 29.2. The second kappa shape index (κ2) is 8.97. The fourth-order valence-corrected chi connectivity index (χ4v) is 5.80. The van der Waals surface area contributed by atoms with Crippen LogP contribution in [0.5, 0.6) is 11.5 Å². The fraction of sp³-hybridized carbons (Fsp3) is 0.769. The molecule has 0 bridgehead atoms. The van der Waals surface area contributed by atoms with Gasteiger partial charge in [0.15, 0.2) is 11.5 Å². The molecule has 3 aliphatic rings.